The Kier molecular flexibility index (Phi) is 3.11. The molecule has 8 heteroatoms. The van der Waals surface area contributed by atoms with E-state index in [0.29, 0.717) is 11.6 Å². The Hall–Kier alpha value is -3.16. The van der Waals surface area contributed by atoms with Crippen LogP contribution in [0.2, 0.25) is 0 Å². The Morgan fingerprint density at radius 2 is 2.19 bits per heavy atom. The molecule has 0 saturated carbocycles. The molecule has 3 aromatic rings. The molecular formula is C13H13N7O. The van der Waals surface area contributed by atoms with Crippen molar-refractivity contribution in [2.45, 2.75) is 0 Å². The second-order valence-corrected chi connectivity index (χ2v) is 4.40. The van der Waals surface area contributed by atoms with Crippen LogP contribution in [0.4, 0.5) is 11.6 Å². The lowest BCUT2D eigenvalue weighted by molar-refractivity contribution is 0.102. The largest absolute Gasteiger partial charge is 0.399 e. The Morgan fingerprint density at radius 1 is 1.33 bits per heavy atom. The fraction of sp³-hybridized carbons (Fsp3) is 0.0769. The number of nitrogens with one attached hydrogen (secondary N) is 1. The fourth-order valence-electron chi connectivity index (χ4n) is 1.83. The minimum Gasteiger partial charge on any atom is -0.399 e. The molecule has 3 N–H and O–H groups in total. The average Bonchev–Trinajstić information content (AvgIpc) is 3.09. The number of nitrogen functional groups attached to an aromatic ring is 1. The fourth-order valence-corrected chi connectivity index (χ4v) is 1.83. The van der Waals surface area contributed by atoms with Gasteiger partial charge in [-0.1, -0.05) is 6.07 Å². The van der Waals surface area contributed by atoms with E-state index >= 15 is 0 Å². The molecule has 0 atom stereocenters. The Labute approximate surface area is 120 Å². The molecule has 1 amide bonds. The quantitative estimate of drug-likeness (QED) is 0.693. The summed E-state index contributed by atoms with van der Waals surface area (Å²) in [6, 6.07) is 8.86. The number of carbonyl (C=O) groups is 1. The maximum Gasteiger partial charge on any atom is 0.278 e. The van der Waals surface area contributed by atoms with E-state index in [-0.39, 0.29) is 11.6 Å². The van der Waals surface area contributed by atoms with Crippen LogP contribution in [0.5, 0.6) is 0 Å². The Morgan fingerprint density at radius 3 is 2.90 bits per heavy atom. The number of anilines is 2. The zero-order valence-electron chi connectivity index (χ0n) is 11.3. The lowest BCUT2D eigenvalue weighted by Gasteiger charge is -2.03. The summed E-state index contributed by atoms with van der Waals surface area (Å²) in [5, 5.41) is 10.7. The van der Waals surface area contributed by atoms with Crippen LogP contribution < -0.4 is 11.1 Å². The maximum absolute atomic E-state index is 12.1. The topological polar surface area (TPSA) is 104 Å². The molecule has 0 radical (unpaired) electrons. The number of aryl methyl sites for hydroxylation is 1. The van der Waals surface area contributed by atoms with Gasteiger partial charge in [-0.05, 0) is 24.3 Å². The zero-order valence-corrected chi connectivity index (χ0v) is 11.3. The number of aromatic nitrogens is 5. The molecule has 1 aromatic carbocycles. The van der Waals surface area contributed by atoms with Crippen LogP contribution in [-0.4, -0.2) is 30.5 Å². The predicted molar refractivity (Wildman–Crippen MR) is 76.9 cm³/mol. The highest BCUT2D eigenvalue weighted by Gasteiger charge is 2.12. The number of hydrogen-bond donors (Lipinski definition) is 2. The van der Waals surface area contributed by atoms with Crippen LogP contribution in [0.25, 0.3) is 5.69 Å². The summed E-state index contributed by atoms with van der Waals surface area (Å²) in [6.45, 7) is 0. The normalized spacial score (nSPS) is 10.5. The van der Waals surface area contributed by atoms with Crippen molar-refractivity contribution < 1.29 is 4.79 Å². The first-order chi connectivity index (χ1) is 10.1. The molecule has 2 aromatic heterocycles. The van der Waals surface area contributed by atoms with Crippen LogP contribution in [0.15, 0.2) is 42.9 Å². The summed E-state index contributed by atoms with van der Waals surface area (Å²) in [5.74, 6) is 0.00672. The third-order valence-corrected chi connectivity index (χ3v) is 2.89. The summed E-state index contributed by atoms with van der Waals surface area (Å²) >= 11 is 0. The van der Waals surface area contributed by atoms with Gasteiger partial charge in [0.2, 0.25) is 5.95 Å². The van der Waals surface area contributed by atoms with Crippen LogP contribution in [-0.2, 0) is 7.05 Å². The van der Waals surface area contributed by atoms with Gasteiger partial charge >= 0.3 is 0 Å². The third-order valence-electron chi connectivity index (χ3n) is 2.89. The van der Waals surface area contributed by atoms with Gasteiger partial charge in [-0.15, -0.1) is 0 Å². The van der Waals surface area contributed by atoms with E-state index < -0.39 is 0 Å². The minimum atomic E-state index is -0.353. The molecule has 0 unspecified atom stereocenters. The smallest absolute Gasteiger partial charge is 0.278 e. The molecule has 0 aliphatic heterocycles. The number of rotatable bonds is 3. The summed E-state index contributed by atoms with van der Waals surface area (Å²) in [6.07, 6.45) is 3.06. The van der Waals surface area contributed by atoms with Crippen molar-refractivity contribution in [2.75, 3.05) is 11.1 Å². The van der Waals surface area contributed by atoms with E-state index in [4.69, 9.17) is 5.73 Å². The molecular weight excluding hydrogens is 270 g/mol. The number of amides is 1. The minimum absolute atomic E-state index is 0.278. The number of carbonyl (C=O) groups excluding carboxylic acids is 1. The van der Waals surface area contributed by atoms with Gasteiger partial charge in [-0.3, -0.25) is 10.1 Å². The second-order valence-electron chi connectivity index (χ2n) is 4.40. The molecule has 8 nitrogen and oxygen atoms in total. The summed E-state index contributed by atoms with van der Waals surface area (Å²) < 4.78 is 3.05. The van der Waals surface area contributed by atoms with Crippen molar-refractivity contribution in [1.29, 1.82) is 0 Å². The first-order valence-corrected chi connectivity index (χ1v) is 6.20. The van der Waals surface area contributed by atoms with Crippen molar-refractivity contribution in [3.05, 3.63) is 48.5 Å². The maximum atomic E-state index is 12.1. The standard InChI is InChI=1S/C13H13N7O/c1-19-13(15-8-16-19)17-12(21)11-5-6-20(18-11)10-4-2-3-9(14)7-10/h2-8H,14H2,1H3,(H,15,16,17,21). The highest BCUT2D eigenvalue weighted by atomic mass is 16.2. The van der Waals surface area contributed by atoms with Gasteiger partial charge < -0.3 is 5.73 Å². The van der Waals surface area contributed by atoms with Crippen molar-refractivity contribution in [3.8, 4) is 5.69 Å². The summed E-state index contributed by atoms with van der Waals surface area (Å²) in [5.41, 5.74) is 7.43. The molecule has 21 heavy (non-hydrogen) atoms. The molecule has 0 spiro atoms. The van der Waals surface area contributed by atoms with Gasteiger partial charge in [0.15, 0.2) is 5.69 Å². The van der Waals surface area contributed by atoms with E-state index in [1.807, 2.05) is 12.1 Å². The number of nitrogens with two attached hydrogens (primary N) is 1. The van der Waals surface area contributed by atoms with Gasteiger partial charge in [-0.2, -0.15) is 15.2 Å². The highest BCUT2D eigenvalue weighted by Crippen LogP contribution is 2.12. The number of nitrogens with zero attached hydrogens (tertiary/aromatic N) is 5. The number of benzene rings is 1. The molecule has 106 valence electrons. The predicted octanol–water partition coefficient (Wildman–Crippen LogP) is 0.835. The van der Waals surface area contributed by atoms with E-state index in [2.05, 4.69) is 20.5 Å². The van der Waals surface area contributed by atoms with Crippen molar-refractivity contribution in [2.24, 2.45) is 7.05 Å². The van der Waals surface area contributed by atoms with Gasteiger partial charge in [0.05, 0.1) is 5.69 Å². The van der Waals surface area contributed by atoms with Gasteiger partial charge in [0.25, 0.3) is 5.91 Å². The molecule has 2 heterocycles. The van der Waals surface area contributed by atoms with Crippen LogP contribution in [0.1, 0.15) is 10.5 Å². The van der Waals surface area contributed by atoms with E-state index in [1.54, 1.807) is 36.1 Å². The number of hydrogen-bond acceptors (Lipinski definition) is 5. The first-order valence-electron chi connectivity index (χ1n) is 6.20. The van der Waals surface area contributed by atoms with Crippen LogP contribution in [0.3, 0.4) is 0 Å². The van der Waals surface area contributed by atoms with E-state index in [0.717, 1.165) is 5.69 Å². The third kappa shape index (κ3) is 2.59. The first kappa shape index (κ1) is 12.9. The average molecular weight is 283 g/mol. The van der Waals surface area contributed by atoms with Crippen molar-refractivity contribution in [1.82, 2.24) is 24.5 Å². The lowest BCUT2D eigenvalue weighted by Crippen LogP contribution is -2.16. The van der Waals surface area contributed by atoms with Gasteiger partial charge in [-0.25, -0.2) is 9.36 Å². The van der Waals surface area contributed by atoms with E-state index in [1.165, 1.54) is 11.0 Å². The Balaban J connectivity index is 1.82. The zero-order chi connectivity index (χ0) is 14.8. The Bertz CT molecular complexity index is 789. The SMILES string of the molecule is Cn1ncnc1NC(=O)c1ccn(-c2cccc(N)c2)n1. The molecule has 3 rings (SSSR count). The van der Waals surface area contributed by atoms with Crippen molar-refractivity contribution in [3.63, 3.8) is 0 Å². The van der Waals surface area contributed by atoms with Gasteiger partial charge in [0, 0.05) is 18.9 Å². The molecule has 0 aliphatic rings. The highest BCUT2D eigenvalue weighted by molar-refractivity contribution is 6.01. The monoisotopic (exact) mass is 283 g/mol. The van der Waals surface area contributed by atoms with Crippen molar-refractivity contribution >= 4 is 17.5 Å². The summed E-state index contributed by atoms with van der Waals surface area (Å²) in [4.78, 5) is 16.0. The molecule has 0 aliphatic carbocycles. The molecule has 0 bridgehead atoms. The van der Waals surface area contributed by atoms with Gasteiger partial charge in [0.1, 0.15) is 6.33 Å². The second kappa shape index (κ2) is 5.08. The lowest BCUT2D eigenvalue weighted by atomic mass is 10.3. The van der Waals surface area contributed by atoms with E-state index in [9.17, 15) is 4.79 Å². The summed E-state index contributed by atoms with van der Waals surface area (Å²) in [7, 11) is 1.69. The van der Waals surface area contributed by atoms with Crippen LogP contribution in [0, 0.1) is 0 Å². The molecule has 0 fully saturated rings. The van der Waals surface area contributed by atoms with Crippen LogP contribution >= 0.6 is 0 Å². The molecule has 0 saturated heterocycles.